The van der Waals surface area contributed by atoms with Gasteiger partial charge >= 0.3 is 0 Å². The summed E-state index contributed by atoms with van der Waals surface area (Å²) in [6, 6.07) is 17.1. The van der Waals surface area contributed by atoms with Crippen molar-refractivity contribution in [2.24, 2.45) is 0 Å². The summed E-state index contributed by atoms with van der Waals surface area (Å²) in [5, 5.41) is 26.3. The van der Waals surface area contributed by atoms with Crippen LogP contribution in [-0.4, -0.2) is 48.8 Å². The molecule has 0 bridgehead atoms. The second-order valence-electron chi connectivity index (χ2n) is 9.27. The van der Waals surface area contributed by atoms with Gasteiger partial charge in [-0.05, 0) is 41.7 Å². The lowest BCUT2D eigenvalue weighted by Gasteiger charge is -2.23. The Labute approximate surface area is 202 Å². The van der Waals surface area contributed by atoms with Crippen molar-refractivity contribution in [2.75, 3.05) is 0 Å². The second kappa shape index (κ2) is 8.98. The zero-order valence-corrected chi connectivity index (χ0v) is 19.4. The zero-order valence-electron chi connectivity index (χ0n) is 18.6. The fraction of sp³-hybridized carbons (Fsp3) is 0.346. The summed E-state index contributed by atoms with van der Waals surface area (Å²) >= 11 is 6.25. The Morgan fingerprint density at radius 2 is 1.62 bits per heavy atom. The normalized spacial score (nSPS) is 17.8. The molecule has 1 aromatic heterocycles. The van der Waals surface area contributed by atoms with Gasteiger partial charge in [0.15, 0.2) is 11.9 Å². The van der Waals surface area contributed by atoms with Gasteiger partial charge in [-0.2, -0.15) is 5.10 Å². The quantitative estimate of drug-likeness (QED) is 0.518. The van der Waals surface area contributed by atoms with E-state index in [0.29, 0.717) is 24.7 Å². The van der Waals surface area contributed by atoms with Crippen LogP contribution in [0.25, 0.3) is 0 Å². The van der Waals surface area contributed by atoms with Crippen LogP contribution in [0.2, 0.25) is 5.02 Å². The molecule has 0 radical (unpaired) electrons. The molecule has 0 unspecified atom stereocenters. The number of halogens is 1. The number of aliphatic hydroxyl groups is 2. The van der Waals surface area contributed by atoms with Crippen LogP contribution in [0.5, 0.6) is 0 Å². The molecular weight excluding hydrogens is 454 g/mol. The van der Waals surface area contributed by atoms with Gasteiger partial charge in [0.2, 0.25) is 0 Å². The molecular formula is C26H26ClN3O4. The van der Waals surface area contributed by atoms with Crippen LogP contribution < -0.4 is 0 Å². The Bertz CT molecular complexity index is 1210. The number of aliphatic hydroxyl groups excluding tert-OH is 2. The predicted octanol–water partition coefficient (Wildman–Crippen LogP) is 2.84. The molecule has 1 saturated carbocycles. The number of amides is 1. The van der Waals surface area contributed by atoms with E-state index in [1.165, 1.54) is 4.90 Å². The van der Waals surface area contributed by atoms with Crippen molar-refractivity contribution >= 4 is 23.3 Å². The first-order valence-corrected chi connectivity index (χ1v) is 11.8. The van der Waals surface area contributed by atoms with Crippen molar-refractivity contribution in [3.05, 3.63) is 88.2 Å². The van der Waals surface area contributed by atoms with E-state index in [-0.39, 0.29) is 6.42 Å². The molecule has 8 heteroatoms. The predicted molar refractivity (Wildman–Crippen MR) is 126 cm³/mol. The van der Waals surface area contributed by atoms with Crippen LogP contribution in [0.15, 0.2) is 60.8 Å². The summed E-state index contributed by atoms with van der Waals surface area (Å²) in [5.74, 6) is -1.18. The fourth-order valence-electron chi connectivity index (χ4n) is 4.63. The first-order valence-electron chi connectivity index (χ1n) is 11.4. The largest absolute Gasteiger partial charge is 0.382 e. The van der Waals surface area contributed by atoms with E-state index in [2.05, 4.69) is 5.10 Å². The number of carbonyl (C=O) groups is 2. The number of hydrogen-bond donors (Lipinski definition) is 2. The maximum absolute atomic E-state index is 12.9. The highest BCUT2D eigenvalue weighted by Crippen LogP contribution is 2.50. The maximum Gasteiger partial charge on any atom is 0.255 e. The molecule has 176 valence electrons. The molecule has 2 atom stereocenters. The van der Waals surface area contributed by atoms with Gasteiger partial charge in [-0.15, -0.1) is 0 Å². The average molecular weight is 480 g/mol. The molecule has 1 amide bonds. The van der Waals surface area contributed by atoms with Gasteiger partial charge in [0.1, 0.15) is 6.10 Å². The number of benzene rings is 2. The molecule has 0 saturated heterocycles. The SMILES string of the molecule is O=C(CC1(c2ccn(Cc3ccccc3Cl)n2)CC1)[C@H](O)[C@@H](O)C(=O)N1Cc2ccccc2C1. The fourth-order valence-corrected chi connectivity index (χ4v) is 4.83. The Hall–Kier alpha value is -3.00. The molecule has 2 aromatic carbocycles. The molecule has 1 aliphatic carbocycles. The maximum atomic E-state index is 12.9. The third kappa shape index (κ3) is 4.39. The lowest BCUT2D eigenvalue weighted by molar-refractivity contribution is -0.153. The van der Waals surface area contributed by atoms with Gasteiger partial charge in [-0.1, -0.05) is 54.1 Å². The summed E-state index contributed by atoms with van der Waals surface area (Å²) in [7, 11) is 0. The number of rotatable bonds is 8. The molecule has 1 fully saturated rings. The Morgan fingerprint density at radius 1 is 0.971 bits per heavy atom. The van der Waals surface area contributed by atoms with E-state index < -0.39 is 29.3 Å². The Balaban J connectivity index is 1.21. The van der Waals surface area contributed by atoms with Gasteiger partial charge in [0.05, 0.1) is 12.2 Å². The van der Waals surface area contributed by atoms with E-state index in [0.717, 1.165) is 35.2 Å². The van der Waals surface area contributed by atoms with E-state index in [1.54, 1.807) is 4.68 Å². The molecule has 5 rings (SSSR count). The van der Waals surface area contributed by atoms with E-state index in [4.69, 9.17) is 11.6 Å². The van der Waals surface area contributed by atoms with E-state index in [1.807, 2.05) is 60.8 Å². The highest BCUT2D eigenvalue weighted by molar-refractivity contribution is 6.31. The summed E-state index contributed by atoms with van der Waals surface area (Å²) in [6.45, 7) is 1.23. The second-order valence-corrected chi connectivity index (χ2v) is 9.67. The van der Waals surface area contributed by atoms with E-state index in [9.17, 15) is 19.8 Å². The standard InChI is InChI=1S/C26H26ClN3O4/c27-20-8-4-3-7-19(20)16-30-12-9-22(28-30)26(10-11-26)13-21(31)23(32)24(33)25(34)29-14-17-5-1-2-6-18(17)15-29/h1-9,12,23-24,32-33H,10-11,13-16H2/t23-,24+/m0/s1. The lowest BCUT2D eigenvalue weighted by atomic mass is 9.92. The van der Waals surface area contributed by atoms with E-state index >= 15 is 0 Å². The van der Waals surface area contributed by atoms with Gasteiger partial charge in [-0.25, -0.2) is 0 Å². The summed E-state index contributed by atoms with van der Waals surface area (Å²) < 4.78 is 1.78. The number of aromatic nitrogens is 2. The van der Waals surface area contributed by atoms with Crippen LogP contribution in [0.1, 0.15) is 41.6 Å². The number of Topliss-reactive ketones (excluding diaryl/α,β-unsaturated/α-hetero) is 1. The minimum Gasteiger partial charge on any atom is -0.382 e. The molecule has 2 aliphatic rings. The topological polar surface area (TPSA) is 95.7 Å². The monoisotopic (exact) mass is 479 g/mol. The van der Waals surface area contributed by atoms with Gasteiger partial charge < -0.3 is 15.1 Å². The van der Waals surface area contributed by atoms with Crippen LogP contribution in [0.3, 0.4) is 0 Å². The third-order valence-corrected chi connectivity index (χ3v) is 7.24. The first kappa shape index (κ1) is 22.8. The highest BCUT2D eigenvalue weighted by atomic mass is 35.5. The first-order chi connectivity index (χ1) is 16.4. The number of ketones is 1. The van der Waals surface area contributed by atoms with Crippen LogP contribution in [0, 0.1) is 0 Å². The molecule has 3 aromatic rings. The molecule has 2 N–H and O–H groups in total. The summed E-state index contributed by atoms with van der Waals surface area (Å²) in [5.41, 5.74) is 3.27. The van der Waals surface area contributed by atoms with Crippen molar-refractivity contribution in [3.8, 4) is 0 Å². The number of carbonyl (C=O) groups excluding carboxylic acids is 2. The third-order valence-electron chi connectivity index (χ3n) is 6.87. The van der Waals surface area contributed by atoms with Crippen molar-refractivity contribution in [1.29, 1.82) is 0 Å². The Kier molecular flexibility index (Phi) is 6.02. The number of hydrogen-bond acceptors (Lipinski definition) is 5. The molecule has 7 nitrogen and oxygen atoms in total. The molecule has 2 heterocycles. The lowest BCUT2D eigenvalue weighted by Crippen LogP contribution is -2.46. The highest BCUT2D eigenvalue weighted by Gasteiger charge is 2.49. The van der Waals surface area contributed by atoms with Crippen molar-refractivity contribution in [2.45, 2.75) is 56.5 Å². The minimum absolute atomic E-state index is 0.0296. The van der Waals surface area contributed by atoms with Crippen molar-refractivity contribution < 1.29 is 19.8 Å². The molecule has 1 aliphatic heterocycles. The number of fused-ring (bicyclic) bond motifs is 1. The van der Waals surface area contributed by atoms with Crippen LogP contribution >= 0.6 is 11.6 Å². The zero-order chi connectivity index (χ0) is 23.9. The summed E-state index contributed by atoms with van der Waals surface area (Å²) in [4.78, 5) is 27.1. The van der Waals surface area contributed by atoms with Crippen molar-refractivity contribution in [3.63, 3.8) is 0 Å². The van der Waals surface area contributed by atoms with Crippen LogP contribution in [-0.2, 0) is 34.6 Å². The Morgan fingerprint density at radius 3 is 2.26 bits per heavy atom. The molecule has 0 spiro atoms. The summed E-state index contributed by atoms with van der Waals surface area (Å²) in [6.07, 6.45) is -0.139. The van der Waals surface area contributed by atoms with Crippen LogP contribution in [0.4, 0.5) is 0 Å². The van der Waals surface area contributed by atoms with Gasteiger partial charge in [0, 0.05) is 36.1 Å². The van der Waals surface area contributed by atoms with Gasteiger partial charge in [-0.3, -0.25) is 14.3 Å². The van der Waals surface area contributed by atoms with Crippen molar-refractivity contribution in [1.82, 2.24) is 14.7 Å². The number of nitrogens with zero attached hydrogens (tertiary/aromatic N) is 3. The van der Waals surface area contributed by atoms with Gasteiger partial charge in [0.25, 0.3) is 5.91 Å². The smallest absolute Gasteiger partial charge is 0.255 e. The minimum atomic E-state index is -1.78. The molecule has 34 heavy (non-hydrogen) atoms. The average Bonchev–Trinajstić information content (AvgIpc) is 3.26.